The number of aromatic amines is 1. The fourth-order valence-corrected chi connectivity index (χ4v) is 6.00. The zero-order valence-electron chi connectivity index (χ0n) is 21.6. The Labute approximate surface area is 225 Å². The fraction of sp³-hybridized carbons (Fsp3) is 0.310. The van der Waals surface area contributed by atoms with Crippen molar-refractivity contribution in [2.45, 2.75) is 31.3 Å². The monoisotopic (exact) mass is 526 g/mol. The number of benzene rings is 2. The first-order chi connectivity index (χ1) is 18.5. The maximum atomic E-state index is 11.7. The summed E-state index contributed by atoms with van der Waals surface area (Å²) < 4.78 is 7.30. The number of nitrogens with one attached hydrogen (secondary N) is 1. The van der Waals surface area contributed by atoms with Crippen LogP contribution in [0.5, 0.6) is 0 Å². The molecule has 0 radical (unpaired) electrons. The lowest BCUT2D eigenvalue weighted by molar-refractivity contribution is 0.289. The first-order valence-corrected chi connectivity index (χ1v) is 14.0. The number of thioether (sulfide) groups is 1. The molecule has 0 amide bonds. The van der Waals surface area contributed by atoms with E-state index in [0.717, 1.165) is 89.1 Å². The van der Waals surface area contributed by atoms with E-state index in [1.54, 1.807) is 17.8 Å². The molecule has 38 heavy (non-hydrogen) atoms. The normalized spacial score (nSPS) is 14.1. The minimum atomic E-state index is -0.108. The molecule has 5 aromatic rings. The van der Waals surface area contributed by atoms with Crippen LogP contribution in [0.1, 0.15) is 23.3 Å². The lowest BCUT2D eigenvalue weighted by Crippen LogP contribution is -2.27. The number of rotatable bonds is 7. The number of nitrogens with zero attached hydrogens (tertiary/aromatic N) is 5. The molecule has 0 bridgehead atoms. The molecule has 3 aromatic heterocycles. The zero-order chi connectivity index (χ0) is 26.1. The molecule has 0 saturated heterocycles. The van der Waals surface area contributed by atoms with E-state index in [1.165, 1.54) is 11.1 Å². The summed E-state index contributed by atoms with van der Waals surface area (Å²) in [5.74, 6) is 2.62. The quantitative estimate of drug-likeness (QED) is 0.239. The Hall–Kier alpha value is -3.69. The van der Waals surface area contributed by atoms with E-state index in [4.69, 9.17) is 4.52 Å². The Kier molecular flexibility index (Phi) is 6.86. The van der Waals surface area contributed by atoms with E-state index < -0.39 is 0 Å². The number of aromatic nitrogens is 5. The van der Waals surface area contributed by atoms with Crippen LogP contribution in [0.25, 0.3) is 33.5 Å². The first-order valence-electron chi connectivity index (χ1n) is 13.0. The van der Waals surface area contributed by atoms with Crippen molar-refractivity contribution >= 4 is 22.7 Å². The van der Waals surface area contributed by atoms with E-state index in [0.29, 0.717) is 0 Å². The Morgan fingerprint density at radius 1 is 1.03 bits per heavy atom. The van der Waals surface area contributed by atoms with Crippen molar-refractivity contribution < 1.29 is 4.52 Å². The third-order valence-corrected chi connectivity index (χ3v) is 8.32. The highest BCUT2D eigenvalue weighted by atomic mass is 32.2. The summed E-state index contributed by atoms with van der Waals surface area (Å²) >= 11 is 1.74. The van der Waals surface area contributed by atoms with E-state index >= 15 is 0 Å². The van der Waals surface area contributed by atoms with Gasteiger partial charge in [0.25, 0.3) is 0 Å². The molecule has 0 fully saturated rings. The van der Waals surface area contributed by atoms with Crippen LogP contribution in [0, 0.1) is 6.92 Å². The highest BCUT2D eigenvalue weighted by Gasteiger charge is 2.17. The molecule has 0 unspecified atom stereocenters. The summed E-state index contributed by atoms with van der Waals surface area (Å²) in [4.78, 5) is 17.2. The molecule has 6 rings (SSSR count). The maximum absolute atomic E-state index is 11.7. The van der Waals surface area contributed by atoms with Crippen molar-refractivity contribution in [3.63, 3.8) is 0 Å². The van der Waals surface area contributed by atoms with Gasteiger partial charge in [-0.05, 0) is 62.1 Å². The van der Waals surface area contributed by atoms with Crippen LogP contribution in [0.3, 0.4) is 0 Å². The third-order valence-electron chi connectivity index (χ3n) is 7.22. The van der Waals surface area contributed by atoms with Gasteiger partial charge in [0.1, 0.15) is 11.5 Å². The number of hydrogen-bond donors (Lipinski definition) is 1. The van der Waals surface area contributed by atoms with Crippen LogP contribution in [0.2, 0.25) is 0 Å². The van der Waals surface area contributed by atoms with Gasteiger partial charge in [0.2, 0.25) is 5.56 Å². The number of fused-ring (bicyclic) bond motifs is 2. The molecule has 9 heteroatoms. The number of H-pyrrole nitrogens is 1. The van der Waals surface area contributed by atoms with Crippen molar-refractivity contribution in [3.8, 4) is 22.6 Å². The number of aryl methyl sites for hydroxylation is 1. The third kappa shape index (κ3) is 5.04. The Balaban J connectivity index is 1.05. The highest BCUT2D eigenvalue weighted by molar-refractivity contribution is 7.99. The van der Waals surface area contributed by atoms with E-state index in [9.17, 15) is 4.79 Å². The molecule has 194 valence electrons. The van der Waals surface area contributed by atoms with Crippen LogP contribution in [0.15, 0.2) is 69.1 Å². The van der Waals surface area contributed by atoms with Crippen LogP contribution >= 0.6 is 11.8 Å². The van der Waals surface area contributed by atoms with Gasteiger partial charge in [-0.1, -0.05) is 41.2 Å². The van der Waals surface area contributed by atoms with Crippen molar-refractivity contribution in [2.24, 2.45) is 7.05 Å². The lowest BCUT2D eigenvalue weighted by Gasteiger charge is -2.19. The van der Waals surface area contributed by atoms with Gasteiger partial charge < -0.3 is 19.0 Å². The minimum absolute atomic E-state index is 0.108. The molecule has 1 N–H and O–H groups in total. The van der Waals surface area contributed by atoms with Gasteiger partial charge in [-0.2, -0.15) is 0 Å². The second-order valence-electron chi connectivity index (χ2n) is 9.80. The zero-order valence-corrected chi connectivity index (χ0v) is 22.4. The van der Waals surface area contributed by atoms with Crippen molar-refractivity contribution in [2.75, 3.05) is 25.4 Å². The molecule has 8 nitrogen and oxygen atoms in total. The van der Waals surface area contributed by atoms with Crippen molar-refractivity contribution in [1.82, 2.24) is 29.8 Å². The highest BCUT2D eigenvalue weighted by Crippen LogP contribution is 2.29. The maximum Gasteiger partial charge on any atom is 0.248 e. The summed E-state index contributed by atoms with van der Waals surface area (Å²) in [5.41, 5.74) is 6.56. The molecule has 2 aromatic carbocycles. The largest absolute Gasteiger partial charge is 0.361 e. The van der Waals surface area contributed by atoms with Crippen LogP contribution < -0.4 is 5.56 Å². The second-order valence-corrected chi connectivity index (χ2v) is 10.9. The smallest absolute Gasteiger partial charge is 0.248 e. The standard InChI is InChI=1S/C29H30N6O2S/c1-19-17-26(33-37-19)22-8-7-20-11-14-35(15-12-21(20)18-22)13-4-16-38-29-32-31-28(34(29)2)24-5-3-6-25-23(24)9-10-27(36)30-25/h3,5-10,17-18H,4,11-16H2,1-2H3,(H,30,36). The van der Waals surface area contributed by atoms with Gasteiger partial charge in [-0.15, -0.1) is 10.2 Å². The average molecular weight is 527 g/mol. The number of hydrogen-bond acceptors (Lipinski definition) is 7. The average Bonchev–Trinajstić information content (AvgIpc) is 3.45. The van der Waals surface area contributed by atoms with Gasteiger partial charge in [-0.25, -0.2) is 0 Å². The lowest BCUT2D eigenvalue weighted by atomic mass is 9.99. The molecule has 0 atom stereocenters. The molecule has 4 heterocycles. The number of pyridine rings is 1. The molecule has 0 saturated carbocycles. The first kappa shape index (κ1) is 24.6. The van der Waals surface area contributed by atoms with Crippen molar-refractivity contribution in [3.05, 3.63) is 81.8 Å². The van der Waals surface area contributed by atoms with E-state index in [1.807, 2.05) is 48.9 Å². The van der Waals surface area contributed by atoms with Gasteiger partial charge in [-0.3, -0.25) is 4.79 Å². The van der Waals surface area contributed by atoms with Crippen LogP contribution in [0.4, 0.5) is 0 Å². The summed E-state index contributed by atoms with van der Waals surface area (Å²) in [6, 6.07) is 18.0. The Morgan fingerprint density at radius 2 is 1.89 bits per heavy atom. The van der Waals surface area contributed by atoms with Gasteiger partial charge in [0.05, 0.1) is 0 Å². The van der Waals surface area contributed by atoms with Gasteiger partial charge in [0.15, 0.2) is 11.0 Å². The van der Waals surface area contributed by atoms with Crippen molar-refractivity contribution in [1.29, 1.82) is 0 Å². The molecule has 1 aliphatic heterocycles. The van der Waals surface area contributed by atoms with Crippen LogP contribution in [-0.4, -0.2) is 55.2 Å². The van der Waals surface area contributed by atoms with E-state index in [2.05, 4.69) is 43.4 Å². The molecule has 1 aliphatic rings. The van der Waals surface area contributed by atoms with Gasteiger partial charge >= 0.3 is 0 Å². The predicted molar refractivity (Wildman–Crippen MR) is 150 cm³/mol. The summed E-state index contributed by atoms with van der Waals surface area (Å²) in [6.07, 6.45) is 3.21. The van der Waals surface area contributed by atoms with E-state index in [-0.39, 0.29) is 5.56 Å². The summed E-state index contributed by atoms with van der Waals surface area (Å²) in [6.45, 7) is 5.14. The molecule has 0 aliphatic carbocycles. The minimum Gasteiger partial charge on any atom is -0.361 e. The van der Waals surface area contributed by atoms with Crippen LogP contribution in [-0.2, 0) is 19.9 Å². The predicted octanol–water partition coefficient (Wildman–Crippen LogP) is 4.87. The second kappa shape index (κ2) is 10.6. The summed E-state index contributed by atoms with van der Waals surface area (Å²) in [7, 11) is 2.00. The molecule has 0 spiro atoms. The van der Waals surface area contributed by atoms with Gasteiger partial charge in [0, 0.05) is 60.1 Å². The molecular formula is C29H30N6O2S. The Bertz CT molecular complexity index is 1650. The summed E-state index contributed by atoms with van der Waals surface area (Å²) in [5, 5.41) is 15.0. The SMILES string of the molecule is Cc1cc(-c2ccc3c(c2)CCN(CCCSc2nnc(-c4cccc5[nH]c(=O)ccc45)n2C)CC3)no1. The molecular weight excluding hydrogens is 496 g/mol. The topological polar surface area (TPSA) is 92.8 Å². The Morgan fingerprint density at radius 3 is 2.74 bits per heavy atom. The fourth-order valence-electron chi connectivity index (χ4n) is 5.17.